The minimum atomic E-state index is 0.704. The van der Waals surface area contributed by atoms with Gasteiger partial charge in [-0.15, -0.1) is 0 Å². The van der Waals surface area contributed by atoms with Crippen molar-refractivity contribution in [1.29, 1.82) is 0 Å². The molecule has 1 aromatic carbocycles. The molecule has 1 aromatic heterocycles. The first-order valence-corrected chi connectivity index (χ1v) is 7.55. The Morgan fingerprint density at radius 1 is 1.15 bits per heavy atom. The number of aromatic nitrogens is 1. The van der Waals surface area contributed by atoms with Crippen LogP contribution in [0.25, 0.3) is 0 Å². The smallest absolute Gasteiger partial charge is 0.122 e. The SMILES string of the molecule is CCCOc1cc(N)cc(Sc2cc(C)cc(C)n2)c1. The summed E-state index contributed by atoms with van der Waals surface area (Å²) in [5, 5.41) is 0.981. The number of anilines is 1. The summed E-state index contributed by atoms with van der Waals surface area (Å²) < 4.78 is 5.65. The lowest BCUT2D eigenvalue weighted by Crippen LogP contribution is -1.96. The molecule has 0 amide bonds. The van der Waals surface area contributed by atoms with Crippen molar-refractivity contribution in [2.45, 2.75) is 37.1 Å². The molecule has 3 nitrogen and oxygen atoms in total. The van der Waals surface area contributed by atoms with Crippen molar-refractivity contribution in [3.63, 3.8) is 0 Å². The summed E-state index contributed by atoms with van der Waals surface area (Å²) in [6.45, 7) is 6.87. The van der Waals surface area contributed by atoms with Crippen molar-refractivity contribution in [1.82, 2.24) is 4.98 Å². The van der Waals surface area contributed by atoms with E-state index in [0.717, 1.165) is 27.8 Å². The standard InChI is InChI=1S/C16H20N2OS/c1-4-5-19-14-8-13(17)9-15(10-14)20-16-7-11(2)6-12(3)18-16/h6-10H,4-5,17H2,1-3H3. The molecule has 2 aromatic rings. The van der Waals surface area contributed by atoms with Crippen LogP contribution in [-0.2, 0) is 0 Å². The number of hydrogen-bond donors (Lipinski definition) is 1. The second-order valence-electron chi connectivity index (χ2n) is 4.81. The average Bonchev–Trinajstić information content (AvgIpc) is 2.34. The maximum absolute atomic E-state index is 5.93. The van der Waals surface area contributed by atoms with Crippen LogP contribution in [0.5, 0.6) is 5.75 Å². The van der Waals surface area contributed by atoms with Gasteiger partial charge in [0.1, 0.15) is 10.8 Å². The summed E-state index contributed by atoms with van der Waals surface area (Å²) in [6, 6.07) is 9.96. The van der Waals surface area contributed by atoms with Gasteiger partial charge in [0.05, 0.1) is 6.61 Å². The predicted octanol–water partition coefficient (Wildman–Crippen LogP) is 4.22. The molecule has 0 saturated heterocycles. The zero-order chi connectivity index (χ0) is 14.5. The Morgan fingerprint density at radius 3 is 2.65 bits per heavy atom. The predicted molar refractivity (Wildman–Crippen MR) is 84.5 cm³/mol. The number of nitrogen functional groups attached to an aromatic ring is 1. The Morgan fingerprint density at radius 2 is 1.95 bits per heavy atom. The third kappa shape index (κ3) is 4.17. The number of benzene rings is 1. The van der Waals surface area contributed by atoms with Gasteiger partial charge in [0.25, 0.3) is 0 Å². The number of aryl methyl sites for hydroxylation is 2. The number of nitrogens with zero attached hydrogens (tertiary/aromatic N) is 1. The normalized spacial score (nSPS) is 10.6. The summed E-state index contributed by atoms with van der Waals surface area (Å²) in [7, 11) is 0. The van der Waals surface area contributed by atoms with Crippen LogP contribution in [0.3, 0.4) is 0 Å². The molecule has 0 aliphatic carbocycles. The molecule has 4 heteroatoms. The largest absolute Gasteiger partial charge is 0.493 e. The van der Waals surface area contributed by atoms with Crippen LogP contribution in [0.2, 0.25) is 0 Å². The third-order valence-corrected chi connectivity index (χ3v) is 3.56. The number of ether oxygens (including phenoxy) is 1. The molecule has 2 N–H and O–H groups in total. The number of rotatable bonds is 5. The van der Waals surface area contributed by atoms with E-state index in [2.05, 4.69) is 31.0 Å². The molecule has 0 aliphatic rings. The van der Waals surface area contributed by atoms with Gasteiger partial charge in [0.2, 0.25) is 0 Å². The summed E-state index contributed by atoms with van der Waals surface area (Å²) in [5.41, 5.74) is 8.89. The van der Waals surface area contributed by atoms with E-state index in [0.29, 0.717) is 12.3 Å². The Bertz CT molecular complexity index is 579. The van der Waals surface area contributed by atoms with Gasteiger partial charge in [0.15, 0.2) is 0 Å². The number of hydrogen-bond acceptors (Lipinski definition) is 4. The quantitative estimate of drug-likeness (QED) is 0.837. The Kier molecular flexibility index (Phi) is 4.90. The molecular weight excluding hydrogens is 268 g/mol. The van der Waals surface area contributed by atoms with Crippen LogP contribution in [0, 0.1) is 13.8 Å². The zero-order valence-corrected chi connectivity index (χ0v) is 13.0. The van der Waals surface area contributed by atoms with Gasteiger partial charge in [-0.25, -0.2) is 4.98 Å². The summed E-state index contributed by atoms with van der Waals surface area (Å²) in [5.74, 6) is 0.818. The van der Waals surface area contributed by atoms with Crippen molar-refractivity contribution in [3.8, 4) is 5.75 Å². The van der Waals surface area contributed by atoms with Gasteiger partial charge in [-0.05, 0) is 50.1 Å². The van der Waals surface area contributed by atoms with Gasteiger partial charge >= 0.3 is 0 Å². The molecule has 106 valence electrons. The summed E-state index contributed by atoms with van der Waals surface area (Å²) in [6.07, 6.45) is 0.982. The molecule has 2 rings (SSSR count). The molecule has 0 atom stereocenters. The topological polar surface area (TPSA) is 48.1 Å². The molecule has 0 unspecified atom stereocenters. The fourth-order valence-electron chi connectivity index (χ4n) is 1.93. The lowest BCUT2D eigenvalue weighted by molar-refractivity contribution is 0.317. The van der Waals surface area contributed by atoms with Crippen LogP contribution in [0.15, 0.2) is 40.3 Å². The molecule has 0 aliphatic heterocycles. The van der Waals surface area contributed by atoms with Crippen LogP contribution < -0.4 is 10.5 Å². The van der Waals surface area contributed by atoms with E-state index in [-0.39, 0.29) is 0 Å². The highest BCUT2D eigenvalue weighted by Crippen LogP contribution is 2.31. The van der Waals surface area contributed by atoms with E-state index in [4.69, 9.17) is 10.5 Å². The second-order valence-corrected chi connectivity index (χ2v) is 5.91. The Labute approximate surface area is 124 Å². The van der Waals surface area contributed by atoms with Crippen LogP contribution >= 0.6 is 11.8 Å². The summed E-state index contributed by atoms with van der Waals surface area (Å²) >= 11 is 1.61. The highest BCUT2D eigenvalue weighted by molar-refractivity contribution is 7.99. The molecule has 0 radical (unpaired) electrons. The number of nitrogens with two attached hydrogens (primary N) is 1. The Hall–Kier alpha value is -1.68. The van der Waals surface area contributed by atoms with E-state index < -0.39 is 0 Å². The van der Waals surface area contributed by atoms with E-state index >= 15 is 0 Å². The van der Waals surface area contributed by atoms with E-state index in [1.54, 1.807) is 11.8 Å². The van der Waals surface area contributed by atoms with Crippen molar-refractivity contribution >= 4 is 17.4 Å². The molecule has 0 saturated carbocycles. The van der Waals surface area contributed by atoms with Crippen LogP contribution in [0.4, 0.5) is 5.69 Å². The first kappa shape index (κ1) is 14.7. The van der Waals surface area contributed by atoms with Gasteiger partial charge in [0, 0.05) is 22.3 Å². The van der Waals surface area contributed by atoms with Crippen molar-refractivity contribution in [3.05, 3.63) is 41.6 Å². The maximum Gasteiger partial charge on any atom is 0.122 e. The van der Waals surface area contributed by atoms with E-state index in [1.165, 1.54) is 5.56 Å². The minimum Gasteiger partial charge on any atom is -0.493 e. The van der Waals surface area contributed by atoms with Gasteiger partial charge in [-0.1, -0.05) is 18.7 Å². The highest BCUT2D eigenvalue weighted by atomic mass is 32.2. The molecule has 0 spiro atoms. The highest BCUT2D eigenvalue weighted by Gasteiger charge is 2.05. The van der Waals surface area contributed by atoms with Crippen molar-refractivity contribution in [2.24, 2.45) is 0 Å². The monoisotopic (exact) mass is 288 g/mol. The molecular formula is C16H20N2OS. The second kappa shape index (κ2) is 6.66. The third-order valence-electron chi connectivity index (χ3n) is 2.67. The fraction of sp³-hybridized carbons (Fsp3) is 0.312. The average molecular weight is 288 g/mol. The lowest BCUT2D eigenvalue weighted by atomic mass is 10.3. The van der Waals surface area contributed by atoms with Gasteiger partial charge in [-0.3, -0.25) is 0 Å². The molecule has 0 fully saturated rings. The maximum atomic E-state index is 5.93. The van der Waals surface area contributed by atoms with Crippen molar-refractivity contribution in [2.75, 3.05) is 12.3 Å². The summed E-state index contributed by atoms with van der Waals surface area (Å²) in [4.78, 5) is 5.58. The molecule has 1 heterocycles. The van der Waals surface area contributed by atoms with E-state index in [9.17, 15) is 0 Å². The molecule has 0 bridgehead atoms. The minimum absolute atomic E-state index is 0.704. The van der Waals surface area contributed by atoms with Crippen LogP contribution in [-0.4, -0.2) is 11.6 Å². The van der Waals surface area contributed by atoms with E-state index in [1.807, 2.05) is 25.1 Å². The van der Waals surface area contributed by atoms with Crippen LogP contribution in [0.1, 0.15) is 24.6 Å². The Balaban J connectivity index is 2.21. The first-order valence-electron chi connectivity index (χ1n) is 6.73. The molecule has 20 heavy (non-hydrogen) atoms. The zero-order valence-electron chi connectivity index (χ0n) is 12.1. The lowest BCUT2D eigenvalue weighted by Gasteiger charge is -2.09. The van der Waals surface area contributed by atoms with Gasteiger partial charge in [-0.2, -0.15) is 0 Å². The number of pyridine rings is 1. The fourth-order valence-corrected chi connectivity index (χ4v) is 2.98. The van der Waals surface area contributed by atoms with Crippen molar-refractivity contribution < 1.29 is 4.74 Å². The van der Waals surface area contributed by atoms with Gasteiger partial charge < -0.3 is 10.5 Å². The first-order chi connectivity index (χ1) is 9.56.